The maximum Gasteiger partial charge on any atom is 0.514 e. The van der Waals surface area contributed by atoms with E-state index >= 15 is 0 Å². The largest absolute Gasteiger partial charge is 0.514 e. The van der Waals surface area contributed by atoms with E-state index in [2.05, 4.69) is 9.72 Å². The van der Waals surface area contributed by atoms with Crippen LogP contribution >= 0.6 is 0 Å². The van der Waals surface area contributed by atoms with Crippen molar-refractivity contribution >= 4 is 17.1 Å². The second-order valence-corrected chi connectivity index (χ2v) is 3.14. The molecule has 0 atom stereocenters. The smallest absolute Gasteiger partial charge is 0.497 e. The Morgan fingerprint density at radius 3 is 2.75 bits per heavy atom. The number of ether oxygens (including phenoxy) is 3. The molecule has 0 radical (unpaired) electrons. The summed E-state index contributed by atoms with van der Waals surface area (Å²) in [5.74, 6) is 1.08. The Kier molecular flexibility index (Phi) is 2.68. The van der Waals surface area contributed by atoms with Crippen molar-refractivity contribution in [3.63, 3.8) is 0 Å². The first-order valence-corrected chi connectivity index (χ1v) is 4.65. The lowest BCUT2D eigenvalue weighted by Crippen LogP contribution is -2.07. The molecule has 0 aliphatic carbocycles. The molecule has 0 saturated heterocycles. The topological polar surface area (TPSA) is 60.6 Å². The van der Waals surface area contributed by atoms with Gasteiger partial charge in [0.15, 0.2) is 0 Å². The van der Waals surface area contributed by atoms with Gasteiger partial charge in [-0.1, -0.05) is 0 Å². The van der Waals surface area contributed by atoms with Crippen molar-refractivity contribution in [3.05, 3.63) is 24.3 Å². The van der Waals surface area contributed by atoms with Crippen LogP contribution in [0.5, 0.6) is 11.6 Å². The molecular formula is C11H11NO4. The third-order valence-electron chi connectivity index (χ3n) is 2.16. The Labute approximate surface area is 91.9 Å². The number of aromatic amines is 1. The molecule has 0 spiro atoms. The summed E-state index contributed by atoms with van der Waals surface area (Å²) in [6, 6.07) is 7.23. The quantitative estimate of drug-likeness (QED) is 0.790. The van der Waals surface area contributed by atoms with E-state index in [4.69, 9.17) is 9.47 Å². The van der Waals surface area contributed by atoms with Crippen molar-refractivity contribution in [2.24, 2.45) is 0 Å². The third kappa shape index (κ3) is 1.93. The van der Waals surface area contributed by atoms with E-state index in [1.807, 2.05) is 18.2 Å². The normalized spacial score (nSPS) is 10.1. The summed E-state index contributed by atoms with van der Waals surface area (Å²) in [5, 5.41) is 0.930. The molecule has 1 heterocycles. The highest BCUT2D eigenvalue weighted by Crippen LogP contribution is 2.24. The summed E-state index contributed by atoms with van der Waals surface area (Å²) < 4.78 is 14.3. The molecule has 0 amide bonds. The van der Waals surface area contributed by atoms with Gasteiger partial charge in [0.2, 0.25) is 5.88 Å². The van der Waals surface area contributed by atoms with Crippen LogP contribution in [-0.4, -0.2) is 25.4 Å². The zero-order valence-corrected chi connectivity index (χ0v) is 8.94. The monoisotopic (exact) mass is 221 g/mol. The Bertz CT molecular complexity index is 518. The molecule has 5 heteroatoms. The van der Waals surface area contributed by atoms with Gasteiger partial charge in [-0.3, -0.25) is 0 Å². The van der Waals surface area contributed by atoms with E-state index in [1.165, 1.54) is 7.11 Å². The van der Waals surface area contributed by atoms with Gasteiger partial charge in [0.25, 0.3) is 0 Å². The Balaban J connectivity index is 2.32. The zero-order valence-electron chi connectivity index (χ0n) is 8.94. The number of benzene rings is 1. The van der Waals surface area contributed by atoms with E-state index in [1.54, 1.807) is 13.2 Å². The van der Waals surface area contributed by atoms with Gasteiger partial charge >= 0.3 is 6.16 Å². The van der Waals surface area contributed by atoms with Gasteiger partial charge in [-0.25, -0.2) is 4.79 Å². The van der Waals surface area contributed by atoms with Gasteiger partial charge in [-0.05, 0) is 12.1 Å². The molecule has 1 N–H and O–H groups in total. The van der Waals surface area contributed by atoms with Crippen LogP contribution in [0.4, 0.5) is 4.79 Å². The Morgan fingerprint density at radius 1 is 1.25 bits per heavy atom. The van der Waals surface area contributed by atoms with Crippen LogP contribution < -0.4 is 9.47 Å². The molecule has 2 aromatic rings. The van der Waals surface area contributed by atoms with Crippen LogP contribution in [-0.2, 0) is 4.74 Å². The minimum absolute atomic E-state index is 0.343. The van der Waals surface area contributed by atoms with E-state index in [-0.39, 0.29) is 0 Å². The molecule has 5 nitrogen and oxygen atoms in total. The fourth-order valence-corrected chi connectivity index (χ4v) is 1.39. The predicted octanol–water partition coefficient (Wildman–Crippen LogP) is 2.32. The van der Waals surface area contributed by atoms with E-state index in [9.17, 15) is 4.79 Å². The molecule has 0 aliphatic heterocycles. The lowest BCUT2D eigenvalue weighted by Gasteiger charge is -1.98. The summed E-state index contributed by atoms with van der Waals surface area (Å²) in [7, 11) is 2.85. The molecule has 0 bridgehead atoms. The number of hydrogen-bond donors (Lipinski definition) is 1. The molecular weight excluding hydrogens is 210 g/mol. The van der Waals surface area contributed by atoms with Crippen molar-refractivity contribution < 1.29 is 19.0 Å². The standard InChI is InChI=1S/C11H11NO4/c1-14-8-4-3-7-5-10(12-9(7)6-8)16-11(13)15-2/h3-6,12H,1-2H3. The Morgan fingerprint density at radius 2 is 2.06 bits per heavy atom. The van der Waals surface area contributed by atoms with Crippen molar-refractivity contribution in [1.29, 1.82) is 0 Å². The van der Waals surface area contributed by atoms with E-state index in [0.717, 1.165) is 16.7 Å². The highest BCUT2D eigenvalue weighted by Gasteiger charge is 2.07. The molecule has 84 valence electrons. The number of fused-ring (bicyclic) bond motifs is 1. The molecule has 0 saturated carbocycles. The molecule has 0 unspecified atom stereocenters. The highest BCUT2D eigenvalue weighted by molar-refractivity contribution is 5.83. The number of aromatic nitrogens is 1. The second-order valence-electron chi connectivity index (χ2n) is 3.14. The lowest BCUT2D eigenvalue weighted by molar-refractivity contribution is 0.120. The fourth-order valence-electron chi connectivity index (χ4n) is 1.39. The highest BCUT2D eigenvalue weighted by atomic mass is 16.7. The van der Waals surface area contributed by atoms with Gasteiger partial charge in [-0.15, -0.1) is 0 Å². The van der Waals surface area contributed by atoms with Crippen LogP contribution in [0.2, 0.25) is 0 Å². The van der Waals surface area contributed by atoms with Crippen molar-refractivity contribution in [1.82, 2.24) is 4.98 Å². The number of nitrogens with one attached hydrogen (secondary N) is 1. The molecule has 2 rings (SSSR count). The maximum atomic E-state index is 10.9. The van der Waals surface area contributed by atoms with Crippen molar-refractivity contribution in [2.45, 2.75) is 0 Å². The predicted molar refractivity (Wildman–Crippen MR) is 57.9 cm³/mol. The van der Waals surface area contributed by atoms with Gasteiger partial charge in [0.1, 0.15) is 5.75 Å². The van der Waals surface area contributed by atoms with Crippen molar-refractivity contribution in [3.8, 4) is 11.6 Å². The van der Waals surface area contributed by atoms with Crippen LogP contribution in [0, 0.1) is 0 Å². The SMILES string of the molecule is COC(=O)Oc1cc2ccc(OC)cc2[nH]1. The van der Waals surface area contributed by atoms with Gasteiger partial charge in [-0.2, -0.15) is 0 Å². The lowest BCUT2D eigenvalue weighted by atomic mass is 10.2. The minimum Gasteiger partial charge on any atom is -0.497 e. The fraction of sp³-hybridized carbons (Fsp3) is 0.182. The molecule has 16 heavy (non-hydrogen) atoms. The summed E-state index contributed by atoms with van der Waals surface area (Å²) in [4.78, 5) is 13.8. The third-order valence-corrected chi connectivity index (χ3v) is 2.16. The molecule has 1 aromatic heterocycles. The first kappa shape index (κ1) is 10.4. The number of rotatable bonds is 2. The first-order valence-electron chi connectivity index (χ1n) is 4.65. The number of carbonyl (C=O) groups excluding carboxylic acids is 1. The van der Waals surface area contributed by atoms with E-state index < -0.39 is 6.16 Å². The summed E-state index contributed by atoms with van der Waals surface area (Å²) >= 11 is 0. The second kappa shape index (κ2) is 4.14. The summed E-state index contributed by atoms with van der Waals surface area (Å²) in [6.07, 6.45) is -0.751. The number of carbonyl (C=O) groups is 1. The van der Waals surface area contributed by atoms with Crippen LogP contribution in [0.3, 0.4) is 0 Å². The average molecular weight is 221 g/mol. The number of hydrogen-bond acceptors (Lipinski definition) is 4. The molecule has 0 fully saturated rings. The zero-order chi connectivity index (χ0) is 11.5. The van der Waals surface area contributed by atoms with Crippen molar-refractivity contribution in [2.75, 3.05) is 14.2 Å². The minimum atomic E-state index is -0.751. The van der Waals surface area contributed by atoms with Gasteiger partial charge in [0, 0.05) is 17.5 Å². The summed E-state index contributed by atoms with van der Waals surface area (Å²) in [6.45, 7) is 0. The van der Waals surface area contributed by atoms with Crippen LogP contribution in [0.25, 0.3) is 10.9 Å². The maximum absolute atomic E-state index is 10.9. The van der Waals surface area contributed by atoms with E-state index in [0.29, 0.717) is 5.88 Å². The van der Waals surface area contributed by atoms with Gasteiger partial charge < -0.3 is 19.2 Å². The first-order chi connectivity index (χ1) is 7.72. The van der Waals surface area contributed by atoms with Crippen LogP contribution in [0.15, 0.2) is 24.3 Å². The van der Waals surface area contributed by atoms with Gasteiger partial charge in [0.05, 0.1) is 19.7 Å². The molecule has 0 aliphatic rings. The van der Waals surface area contributed by atoms with Crippen LogP contribution in [0.1, 0.15) is 0 Å². The molecule has 1 aromatic carbocycles. The average Bonchev–Trinajstić information content (AvgIpc) is 2.69. The number of H-pyrrole nitrogens is 1. The summed E-state index contributed by atoms with van der Waals surface area (Å²) in [5.41, 5.74) is 0.832. The Hall–Kier alpha value is -2.17. The number of methoxy groups -OCH3 is 2.